The molecule has 2 nitrogen and oxygen atoms in total. The highest BCUT2D eigenvalue weighted by Crippen LogP contribution is 2.40. The van der Waals surface area contributed by atoms with E-state index in [9.17, 15) is 0 Å². The minimum atomic E-state index is 0.354. The Morgan fingerprint density at radius 1 is 1.42 bits per heavy atom. The van der Waals surface area contributed by atoms with Gasteiger partial charge < -0.3 is 0 Å². The molecule has 62 valence electrons. The molecule has 1 aromatic rings. The molecule has 3 rings (SSSR count). The standard InChI is InChI=1S/C9H9NOS/c1-2-4-7-6(3-1)5-8-9(7)10-12-11-8/h1-4,8-10H,5H2/t8-,9+/m1/s1. The molecule has 0 bridgehead atoms. The predicted molar refractivity (Wildman–Crippen MR) is 48.5 cm³/mol. The van der Waals surface area contributed by atoms with Crippen molar-refractivity contribution in [1.29, 1.82) is 0 Å². The number of fused-ring (bicyclic) bond motifs is 3. The SMILES string of the molecule is c1ccc2c(c1)C[C@H]1OSN[C@@H]21. The molecular weight excluding hydrogens is 170 g/mol. The molecule has 2 aliphatic rings. The lowest BCUT2D eigenvalue weighted by molar-refractivity contribution is 0.250. The molecule has 1 aromatic carbocycles. The smallest absolute Gasteiger partial charge is 0.0980 e. The predicted octanol–water partition coefficient (Wildman–Crippen LogP) is 1.84. The fraction of sp³-hybridized carbons (Fsp3) is 0.333. The maximum Gasteiger partial charge on any atom is 0.0980 e. The molecule has 2 atom stereocenters. The van der Waals surface area contributed by atoms with Gasteiger partial charge in [0.15, 0.2) is 0 Å². The lowest BCUT2D eigenvalue weighted by Crippen LogP contribution is -2.14. The summed E-state index contributed by atoms with van der Waals surface area (Å²) in [5.41, 5.74) is 2.84. The monoisotopic (exact) mass is 179 g/mol. The van der Waals surface area contributed by atoms with Crippen LogP contribution in [0.2, 0.25) is 0 Å². The van der Waals surface area contributed by atoms with E-state index in [-0.39, 0.29) is 0 Å². The number of rotatable bonds is 0. The Hall–Kier alpha value is -0.510. The normalized spacial score (nSPS) is 31.7. The van der Waals surface area contributed by atoms with E-state index < -0.39 is 0 Å². The van der Waals surface area contributed by atoms with Crippen molar-refractivity contribution >= 4 is 12.2 Å². The lowest BCUT2D eigenvalue weighted by Gasteiger charge is -2.05. The molecule has 0 spiro atoms. The molecule has 12 heavy (non-hydrogen) atoms. The molecule has 0 saturated carbocycles. The second-order valence-electron chi connectivity index (χ2n) is 3.22. The number of benzene rings is 1. The maximum atomic E-state index is 5.46. The van der Waals surface area contributed by atoms with Gasteiger partial charge in [-0.3, -0.25) is 4.18 Å². The third-order valence-corrected chi connectivity index (χ3v) is 3.22. The summed E-state index contributed by atoms with van der Waals surface area (Å²) >= 11 is 1.38. The Balaban J connectivity index is 2.09. The van der Waals surface area contributed by atoms with Crippen molar-refractivity contribution in [2.75, 3.05) is 0 Å². The third kappa shape index (κ3) is 0.843. The van der Waals surface area contributed by atoms with Crippen LogP contribution in [-0.2, 0) is 10.6 Å². The Morgan fingerprint density at radius 3 is 3.33 bits per heavy atom. The first-order chi connectivity index (χ1) is 5.95. The van der Waals surface area contributed by atoms with Crippen molar-refractivity contribution in [2.45, 2.75) is 18.6 Å². The van der Waals surface area contributed by atoms with Crippen LogP contribution in [0.1, 0.15) is 17.2 Å². The molecule has 1 N–H and O–H groups in total. The molecular formula is C9H9NOS. The topological polar surface area (TPSA) is 21.3 Å². The van der Waals surface area contributed by atoms with Gasteiger partial charge in [0, 0.05) is 6.42 Å². The van der Waals surface area contributed by atoms with Gasteiger partial charge in [-0.1, -0.05) is 24.3 Å². The summed E-state index contributed by atoms with van der Waals surface area (Å²) in [5, 5.41) is 0. The van der Waals surface area contributed by atoms with Gasteiger partial charge in [0.25, 0.3) is 0 Å². The van der Waals surface area contributed by atoms with Crippen LogP contribution >= 0.6 is 12.2 Å². The molecule has 1 aliphatic heterocycles. The molecule has 1 fully saturated rings. The lowest BCUT2D eigenvalue weighted by atomic mass is 10.1. The van der Waals surface area contributed by atoms with E-state index in [2.05, 4.69) is 29.0 Å². The summed E-state index contributed by atoms with van der Waals surface area (Å²) in [6.07, 6.45) is 1.41. The number of nitrogens with one attached hydrogen (secondary N) is 1. The van der Waals surface area contributed by atoms with E-state index >= 15 is 0 Å². The van der Waals surface area contributed by atoms with Crippen LogP contribution in [0.4, 0.5) is 0 Å². The fourth-order valence-electron chi connectivity index (χ4n) is 1.93. The van der Waals surface area contributed by atoms with E-state index in [0.717, 1.165) is 6.42 Å². The summed E-state index contributed by atoms with van der Waals surface area (Å²) < 4.78 is 8.73. The van der Waals surface area contributed by atoms with Crippen LogP contribution in [-0.4, -0.2) is 6.10 Å². The molecule has 0 radical (unpaired) electrons. The van der Waals surface area contributed by atoms with Gasteiger partial charge in [-0.25, -0.2) is 4.72 Å². The highest BCUT2D eigenvalue weighted by Gasteiger charge is 2.37. The molecule has 0 amide bonds. The van der Waals surface area contributed by atoms with E-state index in [4.69, 9.17) is 4.18 Å². The minimum absolute atomic E-state index is 0.354. The summed E-state index contributed by atoms with van der Waals surface area (Å²) in [4.78, 5) is 0. The van der Waals surface area contributed by atoms with Gasteiger partial charge in [-0.15, -0.1) is 0 Å². The van der Waals surface area contributed by atoms with Crippen LogP contribution in [0.5, 0.6) is 0 Å². The van der Waals surface area contributed by atoms with Gasteiger partial charge in [0.05, 0.1) is 24.4 Å². The summed E-state index contributed by atoms with van der Waals surface area (Å²) in [6, 6.07) is 8.97. The van der Waals surface area contributed by atoms with E-state index in [1.165, 1.54) is 23.4 Å². The van der Waals surface area contributed by atoms with Crippen molar-refractivity contribution in [3.63, 3.8) is 0 Å². The zero-order valence-electron chi connectivity index (χ0n) is 6.49. The molecule has 1 heterocycles. The average molecular weight is 179 g/mol. The Kier molecular flexibility index (Phi) is 1.44. The molecule has 3 heteroatoms. The average Bonchev–Trinajstić information content (AvgIpc) is 2.62. The van der Waals surface area contributed by atoms with E-state index in [0.29, 0.717) is 12.1 Å². The van der Waals surface area contributed by atoms with Crippen molar-refractivity contribution in [3.05, 3.63) is 35.4 Å². The van der Waals surface area contributed by atoms with Gasteiger partial charge in [0.2, 0.25) is 0 Å². The van der Waals surface area contributed by atoms with E-state index in [1.54, 1.807) is 0 Å². The summed E-state index contributed by atoms with van der Waals surface area (Å²) in [6.45, 7) is 0. The van der Waals surface area contributed by atoms with Crippen LogP contribution in [0.3, 0.4) is 0 Å². The zero-order chi connectivity index (χ0) is 7.97. The van der Waals surface area contributed by atoms with Crippen molar-refractivity contribution in [2.24, 2.45) is 0 Å². The molecule has 1 aliphatic carbocycles. The van der Waals surface area contributed by atoms with Crippen LogP contribution in [0, 0.1) is 0 Å². The van der Waals surface area contributed by atoms with Crippen LogP contribution < -0.4 is 4.72 Å². The Bertz CT molecular complexity index is 315. The van der Waals surface area contributed by atoms with E-state index in [1.807, 2.05) is 0 Å². The highest BCUT2D eigenvalue weighted by molar-refractivity contribution is 7.92. The maximum absolute atomic E-state index is 5.46. The quantitative estimate of drug-likeness (QED) is 0.485. The first-order valence-electron chi connectivity index (χ1n) is 4.11. The van der Waals surface area contributed by atoms with Crippen molar-refractivity contribution < 1.29 is 4.18 Å². The van der Waals surface area contributed by atoms with Crippen molar-refractivity contribution in [3.8, 4) is 0 Å². The summed E-state index contributed by atoms with van der Waals surface area (Å²) in [5.74, 6) is 0. The second kappa shape index (κ2) is 2.49. The number of hydrogen-bond acceptors (Lipinski definition) is 3. The molecule has 1 saturated heterocycles. The first-order valence-corrected chi connectivity index (χ1v) is 4.85. The minimum Gasteiger partial charge on any atom is -0.295 e. The fourth-order valence-corrected chi connectivity index (χ4v) is 2.67. The third-order valence-electron chi connectivity index (χ3n) is 2.53. The zero-order valence-corrected chi connectivity index (χ0v) is 7.30. The molecule has 0 aromatic heterocycles. The second-order valence-corrected chi connectivity index (χ2v) is 3.81. The highest BCUT2D eigenvalue weighted by atomic mass is 32.2. The van der Waals surface area contributed by atoms with Crippen LogP contribution in [0.15, 0.2) is 24.3 Å². The van der Waals surface area contributed by atoms with Gasteiger partial charge in [-0.2, -0.15) is 0 Å². The van der Waals surface area contributed by atoms with Crippen molar-refractivity contribution in [1.82, 2.24) is 4.72 Å². The first kappa shape index (κ1) is 6.95. The Labute approximate surface area is 75.6 Å². The van der Waals surface area contributed by atoms with Gasteiger partial charge in [0.1, 0.15) is 0 Å². The molecule has 0 unspecified atom stereocenters. The largest absolute Gasteiger partial charge is 0.295 e. The summed E-state index contributed by atoms with van der Waals surface area (Å²) in [7, 11) is 0. The number of hydrogen-bond donors (Lipinski definition) is 1. The van der Waals surface area contributed by atoms with Crippen LogP contribution in [0.25, 0.3) is 0 Å². The van der Waals surface area contributed by atoms with Gasteiger partial charge >= 0.3 is 0 Å². The van der Waals surface area contributed by atoms with Gasteiger partial charge in [-0.05, 0) is 11.1 Å². The Morgan fingerprint density at radius 2 is 2.33 bits per heavy atom.